The van der Waals surface area contributed by atoms with Crippen LogP contribution in [0.3, 0.4) is 0 Å². The molecule has 8 heteroatoms. The predicted molar refractivity (Wildman–Crippen MR) is 108 cm³/mol. The number of amides is 1. The molecular formula is C20H22N4O3S. The summed E-state index contributed by atoms with van der Waals surface area (Å²) in [5.41, 5.74) is 1.85. The molecule has 0 saturated carbocycles. The maximum atomic E-state index is 12.7. The van der Waals surface area contributed by atoms with Crippen LogP contribution in [0.2, 0.25) is 0 Å². The van der Waals surface area contributed by atoms with Crippen LogP contribution >= 0.6 is 0 Å². The van der Waals surface area contributed by atoms with E-state index in [-0.39, 0.29) is 10.8 Å². The van der Waals surface area contributed by atoms with Gasteiger partial charge in [0.1, 0.15) is 4.90 Å². The van der Waals surface area contributed by atoms with E-state index in [4.69, 9.17) is 0 Å². The molecule has 2 aromatic carbocycles. The number of carbonyl (C=O) groups is 1. The second-order valence-corrected chi connectivity index (χ2v) is 8.41. The van der Waals surface area contributed by atoms with Crippen LogP contribution in [-0.2, 0) is 10.0 Å². The first kappa shape index (κ1) is 18.6. The number of amidine groups is 1. The Bertz CT molecular complexity index is 1020. The fourth-order valence-electron chi connectivity index (χ4n) is 3.48. The molecule has 0 aliphatic carbocycles. The number of hydrogen-bond acceptors (Lipinski definition) is 5. The van der Waals surface area contributed by atoms with E-state index in [0.717, 1.165) is 32.7 Å². The van der Waals surface area contributed by atoms with Crippen LogP contribution in [0.25, 0.3) is 0 Å². The highest BCUT2D eigenvalue weighted by Gasteiger charge is 2.28. The minimum absolute atomic E-state index is 0.0217. The van der Waals surface area contributed by atoms with Crippen LogP contribution in [0.5, 0.6) is 0 Å². The highest BCUT2D eigenvalue weighted by atomic mass is 32.2. The Morgan fingerprint density at radius 2 is 1.71 bits per heavy atom. The zero-order chi connectivity index (χ0) is 19.7. The number of rotatable bonds is 3. The van der Waals surface area contributed by atoms with Gasteiger partial charge in [-0.15, -0.1) is 4.40 Å². The van der Waals surface area contributed by atoms with Gasteiger partial charge in [0, 0.05) is 43.0 Å². The highest BCUT2D eigenvalue weighted by molar-refractivity contribution is 7.90. The first-order chi connectivity index (χ1) is 13.5. The summed E-state index contributed by atoms with van der Waals surface area (Å²) in [7, 11) is -3.66. The molecule has 0 atom stereocenters. The van der Waals surface area contributed by atoms with Crippen LogP contribution in [0, 0.1) is 0 Å². The Hall–Kier alpha value is -2.71. The van der Waals surface area contributed by atoms with Crippen molar-refractivity contribution in [2.75, 3.05) is 38.0 Å². The molecule has 1 fully saturated rings. The van der Waals surface area contributed by atoms with Gasteiger partial charge >= 0.3 is 0 Å². The van der Waals surface area contributed by atoms with Crippen molar-refractivity contribution < 1.29 is 13.2 Å². The number of sulfonamides is 1. The zero-order valence-electron chi connectivity index (χ0n) is 15.6. The maximum Gasteiger partial charge on any atom is 0.285 e. The molecule has 1 saturated heterocycles. The summed E-state index contributed by atoms with van der Waals surface area (Å²) >= 11 is 0. The van der Waals surface area contributed by atoms with Gasteiger partial charge in [-0.1, -0.05) is 19.1 Å². The van der Waals surface area contributed by atoms with E-state index < -0.39 is 10.0 Å². The Kier molecular flexibility index (Phi) is 4.91. The largest absolute Gasteiger partial charge is 0.339 e. The van der Waals surface area contributed by atoms with Crippen molar-refractivity contribution in [1.82, 2.24) is 9.80 Å². The number of fused-ring (bicyclic) bond motifs is 1. The molecule has 0 aromatic heterocycles. The third kappa shape index (κ3) is 3.53. The summed E-state index contributed by atoms with van der Waals surface area (Å²) in [5.74, 6) is 0.318. The molecule has 2 aliphatic rings. The van der Waals surface area contributed by atoms with E-state index in [0.29, 0.717) is 22.6 Å². The monoisotopic (exact) mass is 398 g/mol. The number of benzene rings is 2. The lowest BCUT2D eigenvalue weighted by Gasteiger charge is -2.34. The van der Waals surface area contributed by atoms with Gasteiger partial charge in [-0.2, -0.15) is 8.42 Å². The Balaban J connectivity index is 1.47. The normalized spacial score (nSPS) is 18.5. The van der Waals surface area contributed by atoms with Crippen LogP contribution in [0.1, 0.15) is 22.8 Å². The fraction of sp³-hybridized carbons (Fsp3) is 0.300. The molecule has 0 bridgehead atoms. The second kappa shape index (κ2) is 7.37. The van der Waals surface area contributed by atoms with E-state index in [1.165, 1.54) is 0 Å². The third-order valence-corrected chi connectivity index (χ3v) is 6.47. The lowest BCUT2D eigenvalue weighted by molar-refractivity contribution is 0.0643. The smallest absolute Gasteiger partial charge is 0.285 e. The second-order valence-electron chi connectivity index (χ2n) is 6.84. The SMILES string of the molecule is CCN1CCN(C(=O)c2ccc(NC3=NS(=O)(=O)c4ccccc43)cc2)CC1. The molecule has 7 nitrogen and oxygen atoms in total. The number of nitrogens with zero attached hydrogens (tertiary/aromatic N) is 3. The van der Waals surface area contributed by atoms with Crippen LogP contribution in [0.4, 0.5) is 5.69 Å². The van der Waals surface area contributed by atoms with E-state index in [9.17, 15) is 13.2 Å². The van der Waals surface area contributed by atoms with Crippen molar-refractivity contribution in [3.05, 3.63) is 59.7 Å². The molecule has 1 amide bonds. The van der Waals surface area contributed by atoms with Gasteiger partial charge in [0.25, 0.3) is 15.9 Å². The lowest BCUT2D eigenvalue weighted by atomic mass is 10.1. The number of nitrogens with one attached hydrogen (secondary N) is 1. The molecule has 2 aromatic rings. The number of hydrogen-bond donors (Lipinski definition) is 1. The molecule has 0 spiro atoms. The summed E-state index contributed by atoms with van der Waals surface area (Å²) in [6.07, 6.45) is 0. The van der Waals surface area contributed by atoms with E-state index in [1.807, 2.05) is 4.90 Å². The van der Waals surface area contributed by atoms with Crippen molar-refractivity contribution >= 4 is 27.5 Å². The summed E-state index contributed by atoms with van der Waals surface area (Å²) in [4.78, 5) is 17.1. The number of carbonyl (C=O) groups excluding carboxylic acids is 1. The zero-order valence-corrected chi connectivity index (χ0v) is 16.4. The molecule has 1 N–H and O–H groups in total. The minimum atomic E-state index is -3.66. The first-order valence-corrected chi connectivity index (χ1v) is 10.7. The summed E-state index contributed by atoms with van der Waals surface area (Å²) in [6.45, 7) is 6.40. The van der Waals surface area contributed by atoms with Gasteiger partial charge in [0.15, 0.2) is 5.84 Å². The number of likely N-dealkylation sites (N-methyl/N-ethyl adjacent to an activating group) is 1. The molecule has 0 radical (unpaired) electrons. The average molecular weight is 398 g/mol. The van der Waals surface area contributed by atoms with Crippen LogP contribution in [0.15, 0.2) is 57.8 Å². The van der Waals surface area contributed by atoms with E-state index >= 15 is 0 Å². The van der Waals surface area contributed by atoms with Crippen molar-refractivity contribution in [3.63, 3.8) is 0 Å². The predicted octanol–water partition coefficient (Wildman–Crippen LogP) is 2.03. The average Bonchev–Trinajstić information content (AvgIpc) is 2.98. The summed E-state index contributed by atoms with van der Waals surface area (Å²) in [5, 5.41) is 3.05. The lowest BCUT2D eigenvalue weighted by Crippen LogP contribution is -2.48. The summed E-state index contributed by atoms with van der Waals surface area (Å²) in [6, 6.07) is 13.8. The molecule has 2 heterocycles. The maximum absolute atomic E-state index is 12.7. The number of piperazine rings is 1. The Labute approximate surface area is 164 Å². The quantitative estimate of drug-likeness (QED) is 0.856. The van der Waals surface area contributed by atoms with Crippen LogP contribution < -0.4 is 5.32 Å². The standard InChI is InChI=1S/C20H22N4O3S/c1-2-23-11-13-24(14-12-23)20(25)15-7-9-16(10-8-15)21-19-17-5-3-4-6-18(17)28(26,27)22-19/h3-10H,2,11-14H2,1H3,(H,21,22). The van der Waals surface area contributed by atoms with Crippen molar-refractivity contribution in [3.8, 4) is 0 Å². The first-order valence-electron chi connectivity index (χ1n) is 9.31. The van der Waals surface area contributed by atoms with Crippen molar-refractivity contribution in [2.45, 2.75) is 11.8 Å². The Morgan fingerprint density at radius 3 is 2.39 bits per heavy atom. The van der Waals surface area contributed by atoms with E-state index in [1.54, 1.807) is 48.5 Å². The van der Waals surface area contributed by atoms with Gasteiger partial charge in [0.05, 0.1) is 0 Å². The summed E-state index contributed by atoms with van der Waals surface area (Å²) < 4.78 is 28.1. The highest BCUT2D eigenvalue weighted by Crippen LogP contribution is 2.26. The molecule has 0 unspecified atom stereocenters. The van der Waals surface area contributed by atoms with Gasteiger partial charge in [-0.05, 0) is 42.9 Å². The Morgan fingerprint density at radius 1 is 1.04 bits per heavy atom. The molecule has 28 heavy (non-hydrogen) atoms. The molecule has 4 rings (SSSR count). The van der Waals surface area contributed by atoms with E-state index in [2.05, 4.69) is 21.5 Å². The van der Waals surface area contributed by atoms with Gasteiger partial charge in [0.2, 0.25) is 0 Å². The van der Waals surface area contributed by atoms with Gasteiger partial charge in [-0.25, -0.2) is 0 Å². The molecule has 146 valence electrons. The topological polar surface area (TPSA) is 82.1 Å². The molecule has 2 aliphatic heterocycles. The van der Waals surface area contributed by atoms with Crippen molar-refractivity contribution in [2.24, 2.45) is 4.40 Å². The third-order valence-electron chi connectivity index (χ3n) is 5.13. The fourth-order valence-corrected chi connectivity index (χ4v) is 4.65. The number of anilines is 1. The minimum Gasteiger partial charge on any atom is -0.339 e. The van der Waals surface area contributed by atoms with Crippen molar-refractivity contribution in [1.29, 1.82) is 0 Å². The van der Waals surface area contributed by atoms with Crippen LogP contribution in [-0.4, -0.2) is 62.7 Å². The van der Waals surface area contributed by atoms with Gasteiger partial charge < -0.3 is 15.1 Å². The van der Waals surface area contributed by atoms with Gasteiger partial charge in [-0.3, -0.25) is 4.79 Å². The molecular weight excluding hydrogens is 376 g/mol.